The molecular weight excluding hydrogens is 233 g/mol. The van der Waals surface area contributed by atoms with E-state index in [1.807, 2.05) is 24.3 Å². The Bertz CT molecular complexity index is 365. The second kappa shape index (κ2) is 7.69. The minimum absolute atomic E-state index is 0.238. The molecule has 0 radical (unpaired) electrons. The van der Waals surface area contributed by atoms with Crippen LogP contribution in [0.15, 0.2) is 24.3 Å². The molecule has 1 aromatic carbocycles. The first kappa shape index (κ1) is 14.5. The van der Waals surface area contributed by atoms with Gasteiger partial charge in [-0.1, -0.05) is 18.6 Å². The van der Waals surface area contributed by atoms with Gasteiger partial charge in [-0.05, 0) is 43.9 Å². The number of unbranched alkanes of at least 4 members (excludes halogenated alkanes) is 2. The van der Waals surface area contributed by atoms with E-state index < -0.39 is 12.0 Å². The van der Waals surface area contributed by atoms with Gasteiger partial charge < -0.3 is 10.5 Å². The highest BCUT2D eigenvalue weighted by molar-refractivity contribution is 5.78. The molecule has 4 heteroatoms. The van der Waals surface area contributed by atoms with E-state index in [-0.39, 0.29) is 6.67 Å². The summed E-state index contributed by atoms with van der Waals surface area (Å²) in [5, 5.41) is 0. The monoisotopic (exact) mass is 253 g/mol. The molecule has 2 N–H and O–H groups in total. The smallest absolute Gasteiger partial charge is 0.258 e. The molecule has 0 heterocycles. The van der Waals surface area contributed by atoms with Crippen molar-refractivity contribution in [1.82, 2.24) is 0 Å². The zero-order valence-electron chi connectivity index (χ0n) is 10.7. The number of nitrogens with two attached hydrogens (primary N) is 1. The number of carbonyl (C=O) groups excluding carboxylic acids is 1. The zero-order chi connectivity index (χ0) is 13.4. The van der Waals surface area contributed by atoms with Crippen molar-refractivity contribution < 1.29 is 13.9 Å². The quantitative estimate of drug-likeness (QED) is 0.724. The molecule has 0 aliphatic rings. The second-order valence-electron chi connectivity index (χ2n) is 4.31. The van der Waals surface area contributed by atoms with E-state index in [0.717, 1.165) is 19.3 Å². The first-order valence-corrected chi connectivity index (χ1v) is 6.24. The summed E-state index contributed by atoms with van der Waals surface area (Å²) < 4.78 is 17.3. The number of hydrogen-bond acceptors (Lipinski definition) is 2. The van der Waals surface area contributed by atoms with Crippen LogP contribution >= 0.6 is 0 Å². The highest BCUT2D eigenvalue weighted by Crippen LogP contribution is 2.15. The predicted molar refractivity (Wildman–Crippen MR) is 69.3 cm³/mol. The van der Waals surface area contributed by atoms with Gasteiger partial charge in [0.25, 0.3) is 5.91 Å². The van der Waals surface area contributed by atoms with Crippen molar-refractivity contribution in [3.8, 4) is 5.75 Å². The second-order valence-corrected chi connectivity index (χ2v) is 4.31. The van der Waals surface area contributed by atoms with E-state index in [1.54, 1.807) is 6.92 Å². The van der Waals surface area contributed by atoms with Gasteiger partial charge in [-0.2, -0.15) is 0 Å². The maximum atomic E-state index is 11.9. The van der Waals surface area contributed by atoms with Crippen molar-refractivity contribution in [3.63, 3.8) is 0 Å². The lowest BCUT2D eigenvalue weighted by Crippen LogP contribution is -2.30. The molecule has 18 heavy (non-hydrogen) atoms. The van der Waals surface area contributed by atoms with E-state index in [9.17, 15) is 9.18 Å². The Kier molecular flexibility index (Phi) is 6.19. The lowest BCUT2D eigenvalue weighted by molar-refractivity contribution is -0.123. The number of benzene rings is 1. The van der Waals surface area contributed by atoms with Crippen LogP contribution in [0.5, 0.6) is 5.75 Å². The molecule has 0 aromatic heterocycles. The molecule has 0 saturated heterocycles. The first-order valence-electron chi connectivity index (χ1n) is 6.24. The Morgan fingerprint density at radius 3 is 2.50 bits per heavy atom. The van der Waals surface area contributed by atoms with Crippen LogP contribution in [0.1, 0.15) is 31.7 Å². The van der Waals surface area contributed by atoms with Crippen LogP contribution < -0.4 is 10.5 Å². The van der Waals surface area contributed by atoms with Crippen LogP contribution in [0.3, 0.4) is 0 Å². The standard InChI is InChI=1S/C14H20FNO2/c1-11(14(16)17)18-13-8-6-12(7-9-13)5-3-2-4-10-15/h6-9,11H,2-5,10H2,1H3,(H2,16,17)/t11-/m0/s1. The Balaban J connectivity index is 2.40. The van der Waals surface area contributed by atoms with Crippen molar-refractivity contribution in [2.24, 2.45) is 5.73 Å². The normalized spacial score (nSPS) is 12.1. The average molecular weight is 253 g/mol. The molecule has 1 atom stereocenters. The summed E-state index contributed by atoms with van der Waals surface area (Å²) >= 11 is 0. The summed E-state index contributed by atoms with van der Waals surface area (Å²) in [5.41, 5.74) is 6.30. The molecule has 0 spiro atoms. The number of amides is 1. The summed E-state index contributed by atoms with van der Waals surface area (Å²) in [5.74, 6) is 0.152. The van der Waals surface area contributed by atoms with Gasteiger partial charge in [-0.25, -0.2) is 0 Å². The van der Waals surface area contributed by atoms with Crippen molar-refractivity contribution in [2.75, 3.05) is 6.67 Å². The predicted octanol–water partition coefficient (Wildman–Crippen LogP) is 2.62. The maximum Gasteiger partial charge on any atom is 0.258 e. The largest absolute Gasteiger partial charge is 0.481 e. The fourth-order valence-electron chi connectivity index (χ4n) is 1.60. The third-order valence-electron chi connectivity index (χ3n) is 2.74. The Morgan fingerprint density at radius 1 is 1.28 bits per heavy atom. The van der Waals surface area contributed by atoms with Gasteiger partial charge in [0.15, 0.2) is 6.10 Å². The summed E-state index contributed by atoms with van der Waals surface area (Å²) in [4.78, 5) is 10.8. The lowest BCUT2D eigenvalue weighted by atomic mass is 10.1. The van der Waals surface area contributed by atoms with Crippen LogP contribution in [0.25, 0.3) is 0 Å². The van der Waals surface area contributed by atoms with Crippen molar-refractivity contribution in [1.29, 1.82) is 0 Å². The van der Waals surface area contributed by atoms with E-state index in [0.29, 0.717) is 12.2 Å². The highest BCUT2D eigenvalue weighted by atomic mass is 19.1. The Morgan fingerprint density at radius 2 is 1.94 bits per heavy atom. The molecular formula is C14H20FNO2. The summed E-state index contributed by atoms with van der Waals surface area (Å²) in [7, 11) is 0. The number of ether oxygens (including phenoxy) is 1. The van der Waals surface area contributed by atoms with Crippen LogP contribution in [0, 0.1) is 0 Å². The van der Waals surface area contributed by atoms with Gasteiger partial charge in [0.05, 0.1) is 6.67 Å². The van der Waals surface area contributed by atoms with Crippen LogP contribution in [0.2, 0.25) is 0 Å². The minimum atomic E-state index is -0.625. The van der Waals surface area contributed by atoms with E-state index in [1.165, 1.54) is 5.56 Å². The van der Waals surface area contributed by atoms with E-state index in [2.05, 4.69) is 0 Å². The van der Waals surface area contributed by atoms with Crippen molar-refractivity contribution >= 4 is 5.91 Å². The summed E-state index contributed by atoms with van der Waals surface area (Å²) in [6, 6.07) is 7.56. The van der Waals surface area contributed by atoms with Crippen LogP contribution in [-0.2, 0) is 11.2 Å². The Labute approximate surface area is 107 Å². The van der Waals surface area contributed by atoms with E-state index >= 15 is 0 Å². The number of primary amides is 1. The topological polar surface area (TPSA) is 52.3 Å². The van der Waals surface area contributed by atoms with E-state index in [4.69, 9.17) is 10.5 Å². The lowest BCUT2D eigenvalue weighted by Gasteiger charge is -2.11. The van der Waals surface area contributed by atoms with Gasteiger partial charge in [0.2, 0.25) is 0 Å². The number of aryl methyl sites for hydroxylation is 1. The molecule has 0 saturated carbocycles. The molecule has 0 bridgehead atoms. The number of carbonyl (C=O) groups is 1. The molecule has 0 unspecified atom stereocenters. The molecule has 100 valence electrons. The Hall–Kier alpha value is -1.58. The van der Waals surface area contributed by atoms with Crippen molar-refractivity contribution in [2.45, 2.75) is 38.7 Å². The molecule has 1 aromatic rings. The number of rotatable bonds is 8. The molecule has 3 nitrogen and oxygen atoms in total. The van der Waals surface area contributed by atoms with Gasteiger partial charge >= 0.3 is 0 Å². The molecule has 1 rings (SSSR count). The molecule has 0 aliphatic carbocycles. The summed E-state index contributed by atoms with van der Waals surface area (Å²) in [6.07, 6.45) is 2.85. The molecule has 0 aliphatic heterocycles. The van der Waals surface area contributed by atoms with Gasteiger partial charge in [0.1, 0.15) is 5.75 Å². The third kappa shape index (κ3) is 5.17. The van der Waals surface area contributed by atoms with Gasteiger partial charge in [-0.15, -0.1) is 0 Å². The van der Waals surface area contributed by atoms with Gasteiger partial charge in [-0.3, -0.25) is 9.18 Å². The highest BCUT2D eigenvalue weighted by Gasteiger charge is 2.09. The SMILES string of the molecule is C[C@H](Oc1ccc(CCCCCF)cc1)C(N)=O. The minimum Gasteiger partial charge on any atom is -0.481 e. The average Bonchev–Trinajstić information content (AvgIpc) is 2.36. The fraction of sp³-hybridized carbons (Fsp3) is 0.500. The van der Waals surface area contributed by atoms with Crippen LogP contribution in [-0.4, -0.2) is 18.7 Å². The van der Waals surface area contributed by atoms with Crippen molar-refractivity contribution in [3.05, 3.63) is 29.8 Å². The maximum absolute atomic E-state index is 11.9. The number of halogens is 1. The molecule has 1 amide bonds. The summed E-state index contributed by atoms with van der Waals surface area (Å²) in [6.45, 7) is 1.38. The van der Waals surface area contributed by atoms with Crippen LogP contribution in [0.4, 0.5) is 4.39 Å². The third-order valence-corrected chi connectivity index (χ3v) is 2.74. The fourth-order valence-corrected chi connectivity index (χ4v) is 1.60. The first-order chi connectivity index (χ1) is 8.63. The van der Waals surface area contributed by atoms with Gasteiger partial charge in [0, 0.05) is 0 Å². The molecule has 0 fully saturated rings. The number of alkyl halides is 1. The number of hydrogen-bond donors (Lipinski definition) is 1. The zero-order valence-corrected chi connectivity index (χ0v) is 10.7.